The monoisotopic (exact) mass is 210 g/mol. The number of ketones is 1. The van der Waals surface area contributed by atoms with Crippen molar-refractivity contribution in [2.45, 2.75) is 12.8 Å². The van der Waals surface area contributed by atoms with Gasteiger partial charge in [-0.3, -0.25) is 4.79 Å². The highest BCUT2D eigenvalue weighted by Gasteiger charge is 2.30. The van der Waals surface area contributed by atoms with Crippen LogP contribution in [0.5, 0.6) is 5.75 Å². The van der Waals surface area contributed by atoms with Crippen LogP contribution in [0.3, 0.4) is 0 Å². The molecule has 0 aliphatic heterocycles. The van der Waals surface area contributed by atoms with Gasteiger partial charge in [0, 0.05) is 11.5 Å². The van der Waals surface area contributed by atoms with E-state index in [0.717, 1.165) is 12.8 Å². The lowest BCUT2D eigenvalue weighted by Crippen LogP contribution is -2.01. The second kappa shape index (κ2) is 3.62. The summed E-state index contributed by atoms with van der Waals surface area (Å²) in [6, 6.07) is 5.18. The molecule has 14 heavy (non-hydrogen) atoms. The molecule has 0 radical (unpaired) electrons. The molecule has 0 aromatic heterocycles. The van der Waals surface area contributed by atoms with Crippen LogP contribution in [0, 0.1) is 5.92 Å². The maximum absolute atomic E-state index is 11.7. The van der Waals surface area contributed by atoms with Gasteiger partial charge >= 0.3 is 0 Å². The predicted octanol–water partition coefficient (Wildman–Crippen LogP) is 2.94. The zero-order valence-electron chi connectivity index (χ0n) is 7.92. The minimum Gasteiger partial charge on any atom is -0.495 e. The van der Waals surface area contributed by atoms with E-state index in [9.17, 15) is 4.79 Å². The van der Waals surface area contributed by atoms with Crippen molar-refractivity contribution >= 4 is 17.4 Å². The molecule has 1 aromatic rings. The van der Waals surface area contributed by atoms with Crippen molar-refractivity contribution in [2.24, 2.45) is 5.92 Å². The Morgan fingerprint density at radius 3 is 2.71 bits per heavy atom. The number of carbonyl (C=O) groups excluding carboxylic acids is 1. The van der Waals surface area contributed by atoms with E-state index in [2.05, 4.69) is 0 Å². The number of hydrogen-bond acceptors (Lipinski definition) is 2. The van der Waals surface area contributed by atoms with E-state index in [1.807, 2.05) is 0 Å². The summed E-state index contributed by atoms with van der Waals surface area (Å²) in [6.07, 6.45) is 2.03. The Morgan fingerprint density at radius 1 is 1.50 bits per heavy atom. The molecule has 0 spiro atoms. The predicted molar refractivity (Wildman–Crippen MR) is 55.1 cm³/mol. The first-order chi connectivity index (χ1) is 6.72. The zero-order chi connectivity index (χ0) is 10.1. The van der Waals surface area contributed by atoms with Crippen LogP contribution in [0.4, 0.5) is 0 Å². The van der Waals surface area contributed by atoms with Crippen molar-refractivity contribution in [3.63, 3.8) is 0 Å². The van der Waals surface area contributed by atoms with Gasteiger partial charge < -0.3 is 4.74 Å². The number of ether oxygens (including phenoxy) is 1. The van der Waals surface area contributed by atoms with Gasteiger partial charge in [-0.15, -0.1) is 0 Å². The Morgan fingerprint density at radius 2 is 2.21 bits per heavy atom. The van der Waals surface area contributed by atoms with Gasteiger partial charge in [0.05, 0.1) is 12.1 Å². The van der Waals surface area contributed by atoms with Gasteiger partial charge in [-0.25, -0.2) is 0 Å². The third-order valence-corrected chi connectivity index (χ3v) is 2.68. The van der Waals surface area contributed by atoms with Crippen LogP contribution in [-0.2, 0) is 0 Å². The van der Waals surface area contributed by atoms with Crippen molar-refractivity contribution < 1.29 is 9.53 Å². The smallest absolute Gasteiger partial charge is 0.165 e. The van der Waals surface area contributed by atoms with Gasteiger partial charge in [-0.1, -0.05) is 11.6 Å². The maximum atomic E-state index is 11.7. The largest absolute Gasteiger partial charge is 0.495 e. The second-order valence-electron chi connectivity index (χ2n) is 3.49. The Balaban J connectivity index is 2.27. The number of benzene rings is 1. The van der Waals surface area contributed by atoms with E-state index < -0.39 is 0 Å². The summed E-state index contributed by atoms with van der Waals surface area (Å²) in [6.45, 7) is 0. The van der Waals surface area contributed by atoms with Gasteiger partial charge in [0.1, 0.15) is 5.75 Å². The molecule has 1 aromatic carbocycles. The normalized spacial score (nSPS) is 15.3. The SMILES string of the molecule is COc1ccc(C(=O)C2CC2)cc1Cl. The van der Waals surface area contributed by atoms with E-state index in [0.29, 0.717) is 16.3 Å². The Bertz CT molecular complexity index is 370. The van der Waals surface area contributed by atoms with Crippen LogP contribution in [0.25, 0.3) is 0 Å². The van der Waals surface area contributed by atoms with Crippen LogP contribution in [0.1, 0.15) is 23.2 Å². The lowest BCUT2D eigenvalue weighted by atomic mass is 10.1. The second-order valence-corrected chi connectivity index (χ2v) is 3.90. The summed E-state index contributed by atoms with van der Waals surface area (Å²) in [5.41, 5.74) is 0.693. The van der Waals surface area contributed by atoms with Crippen molar-refractivity contribution in [2.75, 3.05) is 7.11 Å². The first kappa shape index (κ1) is 9.53. The first-order valence-electron chi connectivity index (χ1n) is 4.60. The highest BCUT2D eigenvalue weighted by molar-refractivity contribution is 6.32. The lowest BCUT2D eigenvalue weighted by molar-refractivity contribution is 0.0967. The Kier molecular flexibility index (Phi) is 2.46. The molecule has 1 aliphatic carbocycles. The number of carbonyl (C=O) groups is 1. The molecule has 0 heterocycles. The van der Waals surface area contributed by atoms with Crippen LogP contribution < -0.4 is 4.74 Å². The molecule has 0 saturated heterocycles. The molecule has 2 rings (SSSR count). The molecule has 0 atom stereocenters. The average molecular weight is 211 g/mol. The molecule has 0 amide bonds. The molecule has 1 fully saturated rings. The summed E-state index contributed by atoms with van der Waals surface area (Å²) < 4.78 is 5.01. The Hall–Kier alpha value is -1.02. The minimum atomic E-state index is 0.203. The molecule has 1 saturated carbocycles. The molecule has 0 bridgehead atoms. The fraction of sp³-hybridized carbons (Fsp3) is 0.364. The van der Waals surface area contributed by atoms with Crippen molar-refractivity contribution in [1.29, 1.82) is 0 Å². The summed E-state index contributed by atoms with van der Waals surface area (Å²) in [5, 5.41) is 0.499. The highest BCUT2D eigenvalue weighted by Crippen LogP contribution is 2.34. The standard InChI is InChI=1S/C11H11ClO2/c1-14-10-5-4-8(6-9(10)12)11(13)7-2-3-7/h4-7H,2-3H2,1H3. The fourth-order valence-electron chi connectivity index (χ4n) is 1.40. The van der Waals surface area contributed by atoms with Crippen LogP contribution in [-0.4, -0.2) is 12.9 Å². The number of Topliss-reactive ketones (excluding diaryl/α,β-unsaturated/α-hetero) is 1. The van der Waals surface area contributed by atoms with Gasteiger partial charge in [-0.05, 0) is 31.0 Å². The van der Waals surface area contributed by atoms with Gasteiger partial charge in [0.15, 0.2) is 5.78 Å². The summed E-state index contributed by atoms with van der Waals surface area (Å²) >= 11 is 5.92. The number of methoxy groups -OCH3 is 1. The summed E-state index contributed by atoms with van der Waals surface area (Å²) in [7, 11) is 1.56. The molecular formula is C11H11ClO2. The molecule has 2 nitrogen and oxygen atoms in total. The topological polar surface area (TPSA) is 26.3 Å². The molecule has 74 valence electrons. The third-order valence-electron chi connectivity index (χ3n) is 2.38. The number of rotatable bonds is 3. The van der Waals surface area contributed by atoms with E-state index in [1.54, 1.807) is 25.3 Å². The fourth-order valence-corrected chi connectivity index (χ4v) is 1.66. The average Bonchev–Trinajstić information content (AvgIpc) is 3.00. The van der Waals surface area contributed by atoms with Crippen molar-refractivity contribution in [3.8, 4) is 5.75 Å². The van der Waals surface area contributed by atoms with Crippen LogP contribution in [0.15, 0.2) is 18.2 Å². The lowest BCUT2D eigenvalue weighted by Gasteiger charge is -2.04. The quantitative estimate of drug-likeness (QED) is 0.717. The van der Waals surface area contributed by atoms with E-state index in [-0.39, 0.29) is 11.7 Å². The minimum absolute atomic E-state index is 0.203. The van der Waals surface area contributed by atoms with E-state index in [4.69, 9.17) is 16.3 Å². The molecule has 0 unspecified atom stereocenters. The van der Waals surface area contributed by atoms with Gasteiger partial charge in [0.25, 0.3) is 0 Å². The molecular weight excluding hydrogens is 200 g/mol. The molecule has 3 heteroatoms. The van der Waals surface area contributed by atoms with E-state index in [1.165, 1.54) is 0 Å². The van der Waals surface area contributed by atoms with Crippen molar-refractivity contribution in [3.05, 3.63) is 28.8 Å². The Labute approximate surface area is 87.8 Å². The number of halogens is 1. The highest BCUT2D eigenvalue weighted by atomic mass is 35.5. The van der Waals surface area contributed by atoms with Gasteiger partial charge in [-0.2, -0.15) is 0 Å². The van der Waals surface area contributed by atoms with Crippen LogP contribution in [0.2, 0.25) is 5.02 Å². The molecule has 0 N–H and O–H groups in total. The number of hydrogen-bond donors (Lipinski definition) is 0. The van der Waals surface area contributed by atoms with Crippen LogP contribution >= 0.6 is 11.6 Å². The summed E-state index contributed by atoms with van der Waals surface area (Å²) in [5.74, 6) is 1.05. The third kappa shape index (κ3) is 1.75. The van der Waals surface area contributed by atoms with Crippen molar-refractivity contribution in [1.82, 2.24) is 0 Å². The first-order valence-corrected chi connectivity index (χ1v) is 4.98. The summed E-state index contributed by atoms with van der Waals surface area (Å²) in [4.78, 5) is 11.7. The maximum Gasteiger partial charge on any atom is 0.165 e. The van der Waals surface area contributed by atoms with E-state index >= 15 is 0 Å². The zero-order valence-corrected chi connectivity index (χ0v) is 8.67. The van der Waals surface area contributed by atoms with Gasteiger partial charge in [0.2, 0.25) is 0 Å². The molecule has 1 aliphatic rings.